The van der Waals surface area contributed by atoms with Gasteiger partial charge in [0.05, 0.1) is 0 Å². The Morgan fingerprint density at radius 2 is 2.05 bits per heavy atom. The normalized spacial score (nSPS) is 18.2. The third-order valence-electron chi connectivity index (χ3n) is 3.78. The number of nitrogens with zero attached hydrogens (tertiary/aromatic N) is 1. The summed E-state index contributed by atoms with van der Waals surface area (Å²) in [5.41, 5.74) is 6.68. The summed E-state index contributed by atoms with van der Waals surface area (Å²) in [6.45, 7) is 2.65. The monoisotopic (exact) mass is 275 g/mol. The number of unbranched alkanes of at least 4 members (excludes halogenated alkanes) is 2. The number of rotatable bonds is 7. The van der Waals surface area contributed by atoms with Crippen LogP contribution in [0.2, 0.25) is 0 Å². The first-order valence-corrected chi connectivity index (χ1v) is 7.59. The van der Waals surface area contributed by atoms with Crippen molar-refractivity contribution in [1.82, 2.24) is 5.32 Å². The van der Waals surface area contributed by atoms with E-state index in [0.717, 1.165) is 45.3 Å². The van der Waals surface area contributed by atoms with Crippen molar-refractivity contribution in [2.24, 2.45) is 5.73 Å². The molecule has 1 atom stereocenters. The van der Waals surface area contributed by atoms with Crippen LogP contribution in [-0.2, 0) is 4.79 Å². The van der Waals surface area contributed by atoms with Crippen LogP contribution in [0.5, 0.6) is 0 Å². The minimum atomic E-state index is 0.182. The summed E-state index contributed by atoms with van der Waals surface area (Å²) in [5.74, 6) is 0.182. The first-order chi connectivity index (χ1) is 9.79. The van der Waals surface area contributed by atoms with Crippen molar-refractivity contribution in [3.05, 3.63) is 30.3 Å². The molecule has 4 nitrogen and oxygen atoms in total. The van der Waals surface area contributed by atoms with Crippen molar-refractivity contribution >= 4 is 11.6 Å². The maximum atomic E-state index is 11.8. The van der Waals surface area contributed by atoms with Gasteiger partial charge in [-0.3, -0.25) is 4.79 Å². The number of carbonyl (C=O) groups excluding carboxylic acids is 1. The Bertz CT molecular complexity index is 407. The number of hydrogen-bond donors (Lipinski definition) is 2. The maximum Gasteiger partial charge on any atom is 0.220 e. The smallest absolute Gasteiger partial charge is 0.220 e. The molecule has 4 heteroatoms. The van der Waals surface area contributed by atoms with Crippen molar-refractivity contribution in [3.63, 3.8) is 0 Å². The second-order valence-corrected chi connectivity index (χ2v) is 5.43. The topological polar surface area (TPSA) is 58.4 Å². The highest BCUT2D eigenvalue weighted by atomic mass is 16.1. The molecule has 1 amide bonds. The minimum Gasteiger partial charge on any atom is -0.369 e. The van der Waals surface area contributed by atoms with Gasteiger partial charge in [-0.2, -0.15) is 0 Å². The van der Waals surface area contributed by atoms with Crippen molar-refractivity contribution in [3.8, 4) is 0 Å². The van der Waals surface area contributed by atoms with E-state index in [1.807, 2.05) is 6.07 Å². The molecular formula is C16H25N3O. The molecule has 1 aliphatic heterocycles. The van der Waals surface area contributed by atoms with Crippen LogP contribution in [0.25, 0.3) is 0 Å². The Kier molecular flexibility index (Phi) is 5.87. The summed E-state index contributed by atoms with van der Waals surface area (Å²) in [6.07, 6.45) is 4.66. The first kappa shape index (κ1) is 14.9. The zero-order chi connectivity index (χ0) is 14.2. The molecule has 1 unspecified atom stereocenters. The van der Waals surface area contributed by atoms with E-state index in [2.05, 4.69) is 34.5 Å². The summed E-state index contributed by atoms with van der Waals surface area (Å²) in [5, 5.41) is 3.14. The van der Waals surface area contributed by atoms with Gasteiger partial charge in [-0.25, -0.2) is 0 Å². The summed E-state index contributed by atoms with van der Waals surface area (Å²) in [4.78, 5) is 14.2. The highest BCUT2D eigenvalue weighted by molar-refractivity contribution is 5.76. The van der Waals surface area contributed by atoms with Crippen LogP contribution >= 0.6 is 0 Å². The fourth-order valence-electron chi connectivity index (χ4n) is 2.66. The van der Waals surface area contributed by atoms with E-state index in [1.54, 1.807) is 0 Å². The number of amides is 1. The Labute approximate surface area is 121 Å². The van der Waals surface area contributed by atoms with Gasteiger partial charge in [0.25, 0.3) is 0 Å². The molecule has 1 aromatic carbocycles. The molecule has 2 rings (SSSR count). The lowest BCUT2D eigenvalue weighted by atomic mass is 10.1. The lowest BCUT2D eigenvalue weighted by Gasteiger charge is -2.19. The predicted molar refractivity (Wildman–Crippen MR) is 82.7 cm³/mol. The van der Waals surface area contributed by atoms with Crippen LogP contribution in [0.3, 0.4) is 0 Å². The number of benzene rings is 1. The average molecular weight is 275 g/mol. The third kappa shape index (κ3) is 4.53. The van der Waals surface area contributed by atoms with Crippen LogP contribution in [0, 0.1) is 0 Å². The van der Waals surface area contributed by atoms with Crippen molar-refractivity contribution in [2.75, 3.05) is 24.5 Å². The maximum absolute atomic E-state index is 11.8. The van der Waals surface area contributed by atoms with E-state index in [9.17, 15) is 4.79 Å². The minimum absolute atomic E-state index is 0.182. The average Bonchev–Trinajstić information content (AvgIpc) is 2.93. The van der Waals surface area contributed by atoms with Crippen LogP contribution in [-0.4, -0.2) is 31.6 Å². The number of carbonyl (C=O) groups is 1. The van der Waals surface area contributed by atoms with Gasteiger partial charge in [0, 0.05) is 31.2 Å². The largest absolute Gasteiger partial charge is 0.369 e. The molecule has 1 fully saturated rings. The third-order valence-corrected chi connectivity index (χ3v) is 3.78. The molecule has 0 spiro atoms. The summed E-state index contributed by atoms with van der Waals surface area (Å²) in [6, 6.07) is 10.7. The SMILES string of the molecule is NCCCCCC(=O)NC1CCN(c2ccccc2)C1. The van der Waals surface area contributed by atoms with Gasteiger partial charge >= 0.3 is 0 Å². The number of anilines is 1. The van der Waals surface area contributed by atoms with E-state index >= 15 is 0 Å². The molecule has 0 aromatic heterocycles. The fraction of sp³-hybridized carbons (Fsp3) is 0.562. The molecule has 110 valence electrons. The molecular weight excluding hydrogens is 250 g/mol. The molecule has 0 aliphatic carbocycles. The summed E-state index contributed by atoms with van der Waals surface area (Å²) in [7, 11) is 0. The molecule has 1 aliphatic rings. The Morgan fingerprint density at radius 3 is 2.80 bits per heavy atom. The highest BCUT2D eigenvalue weighted by Gasteiger charge is 2.23. The molecule has 0 bridgehead atoms. The van der Waals surface area contributed by atoms with Gasteiger partial charge in [-0.15, -0.1) is 0 Å². The van der Waals surface area contributed by atoms with Crippen LogP contribution in [0.1, 0.15) is 32.1 Å². The second kappa shape index (κ2) is 7.90. The van der Waals surface area contributed by atoms with Crippen LogP contribution < -0.4 is 16.0 Å². The van der Waals surface area contributed by atoms with E-state index in [0.29, 0.717) is 6.42 Å². The Hall–Kier alpha value is -1.55. The van der Waals surface area contributed by atoms with Gasteiger partial charge < -0.3 is 16.0 Å². The second-order valence-electron chi connectivity index (χ2n) is 5.43. The highest BCUT2D eigenvalue weighted by Crippen LogP contribution is 2.19. The number of para-hydroxylation sites is 1. The van der Waals surface area contributed by atoms with Gasteiger partial charge in [0.1, 0.15) is 0 Å². The molecule has 3 N–H and O–H groups in total. The number of nitrogens with two attached hydrogens (primary N) is 1. The van der Waals surface area contributed by atoms with Crippen LogP contribution in [0.15, 0.2) is 30.3 Å². The zero-order valence-corrected chi connectivity index (χ0v) is 12.1. The molecule has 20 heavy (non-hydrogen) atoms. The Balaban J connectivity index is 1.69. The zero-order valence-electron chi connectivity index (χ0n) is 12.1. The first-order valence-electron chi connectivity index (χ1n) is 7.59. The summed E-state index contributed by atoms with van der Waals surface area (Å²) >= 11 is 0. The molecule has 1 saturated heterocycles. The van der Waals surface area contributed by atoms with Gasteiger partial charge in [-0.1, -0.05) is 24.6 Å². The molecule has 1 heterocycles. The van der Waals surface area contributed by atoms with Crippen molar-refractivity contribution in [1.29, 1.82) is 0 Å². The lowest BCUT2D eigenvalue weighted by molar-refractivity contribution is -0.121. The van der Waals surface area contributed by atoms with Crippen LogP contribution in [0.4, 0.5) is 5.69 Å². The van der Waals surface area contributed by atoms with Gasteiger partial charge in [-0.05, 0) is 37.9 Å². The standard InChI is InChI=1S/C16H25N3O/c17-11-6-2-5-9-16(20)18-14-10-12-19(13-14)15-7-3-1-4-8-15/h1,3-4,7-8,14H,2,5-6,9-13,17H2,(H,18,20). The molecule has 0 radical (unpaired) electrons. The predicted octanol–water partition coefficient (Wildman–Crippen LogP) is 1.90. The van der Waals surface area contributed by atoms with Gasteiger partial charge in [0.2, 0.25) is 5.91 Å². The fourth-order valence-corrected chi connectivity index (χ4v) is 2.66. The molecule has 0 saturated carbocycles. The van der Waals surface area contributed by atoms with Crippen molar-refractivity contribution < 1.29 is 4.79 Å². The lowest BCUT2D eigenvalue weighted by Crippen LogP contribution is -2.36. The van der Waals surface area contributed by atoms with Crippen molar-refractivity contribution in [2.45, 2.75) is 38.1 Å². The number of hydrogen-bond acceptors (Lipinski definition) is 3. The summed E-state index contributed by atoms with van der Waals surface area (Å²) < 4.78 is 0. The Morgan fingerprint density at radius 1 is 1.25 bits per heavy atom. The quantitative estimate of drug-likeness (QED) is 0.747. The number of nitrogens with one attached hydrogen (secondary N) is 1. The molecule has 1 aromatic rings. The van der Waals surface area contributed by atoms with E-state index in [-0.39, 0.29) is 11.9 Å². The van der Waals surface area contributed by atoms with E-state index < -0.39 is 0 Å². The van der Waals surface area contributed by atoms with Gasteiger partial charge in [0.15, 0.2) is 0 Å². The van der Waals surface area contributed by atoms with E-state index in [4.69, 9.17) is 5.73 Å². The van der Waals surface area contributed by atoms with E-state index in [1.165, 1.54) is 5.69 Å².